The molecular formula is C14H19BrN2O5S. The van der Waals surface area contributed by atoms with Crippen LogP contribution in [0.4, 0.5) is 0 Å². The Balaban J connectivity index is 2.35. The number of ether oxygens (including phenoxy) is 2. The second-order valence-electron chi connectivity index (χ2n) is 6.09. The monoisotopic (exact) mass is 406 g/mol. The molecule has 0 saturated carbocycles. The van der Waals surface area contributed by atoms with Crippen molar-refractivity contribution in [3.8, 4) is 0 Å². The fourth-order valence-electron chi connectivity index (χ4n) is 2.21. The standard InChI is InChI=1S/C14H19BrN2O5S/c1-14(2,3)22-13(20)9-7(12(19)21-5-4-15)6-23-11-8(16)10(18)17(9)11/h8,11H,4-6,16H2,1-3H3/t8?,11-/m0/s1. The van der Waals surface area contributed by atoms with Gasteiger partial charge < -0.3 is 15.2 Å². The van der Waals surface area contributed by atoms with E-state index in [-0.39, 0.29) is 29.0 Å². The summed E-state index contributed by atoms with van der Waals surface area (Å²) < 4.78 is 10.4. The number of esters is 2. The molecule has 2 heterocycles. The number of thioether (sulfide) groups is 1. The third-order valence-electron chi connectivity index (χ3n) is 3.16. The molecule has 1 fully saturated rings. The van der Waals surface area contributed by atoms with Crippen molar-refractivity contribution in [3.63, 3.8) is 0 Å². The zero-order valence-electron chi connectivity index (χ0n) is 13.1. The van der Waals surface area contributed by atoms with Crippen LogP contribution in [-0.4, -0.2) is 57.5 Å². The number of nitrogens with two attached hydrogens (primary N) is 1. The van der Waals surface area contributed by atoms with Crippen molar-refractivity contribution in [2.24, 2.45) is 5.73 Å². The summed E-state index contributed by atoms with van der Waals surface area (Å²) in [7, 11) is 0. The molecule has 2 aliphatic rings. The summed E-state index contributed by atoms with van der Waals surface area (Å²) in [6.45, 7) is 5.32. The van der Waals surface area contributed by atoms with Gasteiger partial charge in [-0.05, 0) is 20.8 Å². The molecule has 0 aromatic heterocycles. The van der Waals surface area contributed by atoms with Crippen LogP contribution in [0.1, 0.15) is 20.8 Å². The number of carbonyl (C=O) groups is 3. The Morgan fingerprint density at radius 1 is 1.39 bits per heavy atom. The van der Waals surface area contributed by atoms with Crippen molar-refractivity contribution in [3.05, 3.63) is 11.3 Å². The van der Waals surface area contributed by atoms with Crippen LogP contribution in [0.2, 0.25) is 0 Å². The summed E-state index contributed by atoms with van der Waals surface area (Å²) in [4.78, 5) is 38.0. The Kier molecular flexibility index (Phi) is 5.42. The molecule has 2 atom stereocenters. The van der Waals surface area contributed by atoms with Crippen LogP contribution in [0, 0.1) is 0 Å². The van der Waals surface area contributed by atoms with E-state index in [1.54, 1.807) is 20.8 Å². The van der Waals surface area contributed by atoms with E-state index in [1.807, 2.05) is 0 Å². The molecule has 7 nitrogen and oxygen atoms in total. The normalized spacial score (nSPS) is 24.0. The van der Waals surface area contributed by atoms with Gasteiger partial charge in [-0.15, -0.1) is 11.8 Å². The lowest BCUT2D eigenvalue weighted by Gasteiger charge is -2.48. The highest BCUT2D eigenvalue weighted by molar-refractivity contribution is 9.09. The van der Waals surface area contributed by atoms with Gasteiger partial charge in [0.2, 0.25) is 5.91 Å². The van der Waals surface area contributed by atoms with E-state index in [4.69, 9.17) is 15.2 Å². The van der Waals surface area contributed by atoms with Crippen molar-refractivity contribution in [2.45, 2.75) is 37.8 Å². The summed E-state index contributed by atoms with van der Waals surface area (Å²) in [5.74, 6) is -1.48. The Hall–Kier alpha value is -1.06. The van der Waals surface area contributed by atoms with Gasteiger partial charge in [-0.25, -0.2) is 9.59 Å². The minimum Gasteiger partial charge on any atom is -0.461 e. The first kappa shape index (κ1) is 18.3. The van der Waals surface area contributed by atoms with Crippen LogP contribution in [0.15, 0.2) is 11.3 Å². The number of hydrogen-bond acceptors (Lipinski definition) is 7. The van der Waals surface area contributed by atoms with E-state index in [1.165, 1.54) is 16.7 Å². The molecule has 1 unspecified atom stereocenters. The van der Waals surface area contributed by atoms with Crippen LogP contribution < -0.4 is 5.73 Å². The number of alkyl halides is 1. The molecule has 9 heteroatoms. The molecule has 1 saturated heterocycles. The molecule has 2 N–H and O–H groups in total. The Morgan fingerprint density at radius 2 is 2.04 bits per heavy atom. The molecule has 1 amide bonds. The average molecular weight is 407 g/mol. The number of nitrogens with zero attached hydrogens (tertiary/aromatic N) is 1. The first-order valence-corrected chi connectivity index (χ1v) is 9.24. The van der Waals surface area contributed by atoms with Crippen molar-refractivity contribution in [1.29, 1.82) is 0 Å². The van der Waals surface area contributed by atoms with Crippen LogP contribution in [0.3, 0.4) is 0 Å². The number of hydrogen-bond donors (Lipinski definition) is 1. The molecule has 0 bridgehead atoms. The van der Waals surface area contributed by atoms with E-state index >= 15 is 0 Å². The molecule has 0 spiro atoms. The average Bonchev–Trinajstić information content (AvgIpc) is 2.48. The van der Waals surface area contributed by atoms with Crippen molar-refractivity contribution < 1.29 is 23.9 Å². The van der Waals surface area contributed by atoms with Gasteiger partial charge in [0.15, 0.2) is 0 Å². The number of carbonyl (C=O) groups excluding carboxylic acids is 3. The van der Waals surface area contributed by atoms with Crippen LogP contribution in [0.25, 0.3) is 0 Å². The number of halogens is 1. The van der Waals surface area contributed by atoms with E-state index in [0.717, 1.165) is 0 Å². The largest absolute Gasteiger partial charge is 0.461 e. The highest BCUT2D eigenvalue weighted by atomic mass is 79.9. The molecule has 128 valence electrons. The maximum absolute atomic E-state index is 12.5. The topological polar surface area (TPSA) is 98.9 Å². The summed E-state index contributed by atoms with van der Waals surface area (Å²) in [5, 5.41) is 0.134. The van der Waals surface area contributed by atoms with E-state index in [2.05, 4.69) is 15.9 Å². The maximum atomic E-state index is 12.5. The lowest BCUT2D eigenvalue weighted by atomic mass is 10.0. The van der Waals surface area contributed by atoms with Gasteiger partial charge in [-0.3, -0.25) is 9.69 Å². The van der Waals surface area contributed by atoms with Gasteiger partial charge in [0, 0.05) is 11.1 Å². The van der Waals surface area contributed by atoms with Crippen LogP contribution in [-0.2, 0) is 23.9 Å². The first-order chi connectivity index (χ1) is 10.7. The Labute approximate surface area is 147 Å². The van der Waals surface area contributed by atoms with Gasteiger partial charge in [0.1, 0.15) is 29.3 Å². The zero-order valence-corrected chi connectivity index (χ0v) is 15.5. The summed E-state index contributed by atoms with van der Waals surface area (Å²) in [6.07, 6.45) is 0. The van der Waals surface area contributed by atoms with E-state index < -0.39 is 29.5 Å². The summed E-state index contributed by atoms with van der Waals surface area (Å²) >= 11 is 4.50. The second kappa shape index (κ2) is 6.82. The predicted molar refractivity (Wildman–Crippen MR) is 88.7 cm³/mol. The first-order valence-electron chi connectivity index (χ1n) is 7.07. The summed E-state index contributed by atoms with van der Waals surface area (Å²) in [5.41, 5.74) is 5.11. The van der Waals surface area contributed by atoms with Crippen LogP contribution in [0.5, 0.6) is 0 Å². The number of amides is 1. The van der Waals surface area contributed by atoms with E-state index in [9.17, 15) is 14.4 Å². The van der Waals surface area contributed by atoms with Crippen molar-refractivity contribution in [2.75, 3.05) is 17.7 Å². The third-order valence-corrected chi connectivity index (χ3v) is 4.78. The molecule has 0 aromatic carbocycles. The van der Waals surface area contributed by atoms with Gasteiger partial charge in [0.05, 0.1) is 5.57 Å². The number of fused-ring (bicyclic) bond motifs is 1. The minimum atomic E-state index is -0.745. The highest BCUT2D eigenvalue weighted by Crippen LogP contribution is 2.40. The fourth-order valence-corrected chi connectivity index (χ4v) is 3.64. The lowest BCUT2D eigenvalue weighted by Crippen LogP contribution is -2.68. The van der Waals surface area contributed by atoms with Gasteiger partial charge in [-0.2, -0.15) is 0 Å². The maximum Gasteiger partial charge on any atom is 0.356 e. The Morgan fingerprint density at radius 3 is 2.61 bits per heavy atom. The molecule has 0 radical (unpaired) electrons. The SMILES string of the molecule is CC(C)(C)OC(=O)C1=C(C(=O)OCCBr)CS[C@H]2C(N)C(=O)N12. The smallest absolute Gasteiger partial charge is 0.356 e. The van der Waals surface area contributed by atoms with Gasteiger partial charge in [-0.1, -0.05) is 15.9 Å². The number of rotatable bonds is 4. The van der Waals surface area contributed by atoms with E-state index in [0.29, 0.717) is 5.33 Å². The third kappa shape index (κ3) is 3.72. The molecule has 2 aliphatic heterocycles. The van der Waals surface area contributed by atoms with Crippen LogP contribution >= 0.6 is 27.7 Å². The zero-order chi connectivity index (χ0) is 17.4. The minimum absolute atomic E-state index is 0.0463. The molecule has 0 aliphatic carbocycles. The molecule has 0 aromatic rings. The molecule has 2 rings (SSSR count). The second-order valence-corrected chi connectivity index (χ2v) is 7.99. The fraction of sp³-hybridized carbons (Fsp3) is 0.643. The summed E-state index contributed by atoms with van der Waals surface area (Å²) in [6, 6.07) is -0.669. The van der Waals surface area contributed by atoms with Crippen molar-refractivity contribution >= 4 is 45.5 Å². The molecule has 23 heavy (non-hydrogen) atoms. The lowest BCUT2D eigenvalue weighted by molar-refractivity contribution is -0.158. The predicted octanol–water partition coefficient (Wildman–Crippen LogP) is 0.763. The van der Waals surface area contributed by atoms with Gasteiger partial charge >= 0.3 is 11.9 Å². The molecular weight excluding hydrogens is 388 g/mol. The number of β-lactam (4-membered cyclic amide) rings is 1. The quantitative estimate of drug-likeness (QED) is 0.417. The van der Waals surface area contributed by atoms with Crippen molar-refractivity contribution in [1.82, 2.24) is 4.90 Å². The van der Waals surface area contributed by atoms with Gasteiger partial charge in [0.25, 0.3) is 0 Å². The Bertz CT molecular complexity index is 572. The highest BCUT2D eigenvalue weighted by Gasteiger charge is 2.53.